The van der Waals surface area contributed by atoms with E-state index in [1.807, 2.05) is 31.2 Å². The van der Waals surface area contributed by atoms with Crippen molar-refractivity contribution < 1.29 is 18.8 Å². The Labute approximate surface area is 193 Å². The van der Waals surface area contributed by atoms with Crippen LogP contribution in [0.15, 0.2) is 53.1 Å². The van der Waals surface area contributed by atoms with Gasteiger partial charge in [0, 0.05) is 5.56 Å². The minimum Gasteiger partial charge on any atom is -0.452 e. The number of fused-ring (bicyclic) bond motifs is 1. The fourth-order valence-electron chi connectivity index (χ4n) is 3.12. The molecule has 1 amide bonds. The van der Waals surface area contributed by atoms with Gasteiger partial charge in [-0.05, 0) is 32.0 Å². The van der Waals surface area contributed by atoms with Gasteiger partial charge in [0.25, 0.3) is 11.6 Å². The normalized spacial score (nSPS) is 10.9. The molecule has 2 aromatic heterocycles. The van der Waals surface area contributed by atoms with Crippen LogP contribution in [-0.4, -0.2) is 28.6 Å². The standard InChI is InChI=1S/C23H17Cl2N3O4/c1-12-6-8-14(9-7-12)18-10-15(20-13(2)28-32-22(20)27-18)23(30)31-11-19(29)26-17-5-3-4-16(24)21(17)25/h3-10H,11H2,1-2H3,(H,26,29). The number of ether oxygens (including phenoxy) is 1. The van der Waals surface area contributed by atoms with Crippen LogP contribution in [-0.2, 0) is 9.53 Å². The summed E-state index contributed by atoms with van der Waals surface area (Å²) in [5, 5.41) is 7.41. The minimum absolute atomic E-state index is 0.201. The van der Waals surface area contributed by atoms with Gasteiger partial charge in [-0.3, -0.25) is 4.79 Å². The van der Waals surface area contributed by atoms with Crippen LogP contribution >= 0.6 is 23.2 Å². The van der Waals surface area contributed by atoms with Crippen LogP contribution in [0.5, 0.6) is 0 Å². The molecule has 0 atom stereocenters. The predicted molar refractivity (Wildman–Crippen MR) is 122 cm³/mol. The second kappa shape index (κ2) is 8.98. The zero-order valence-electron chi connectivity index (χ0n) is 17.1. The van der Waals surface area contributed by atoms with Gasteiger partial charge < -0.3 is 14.6 Å². The monoisotopic (exact) mass is 469 g/mol. The Morgan fingerprint density at radius 2 is 1.84 bits per heavy atom. The molecule has 0 unspecified atom stereocenters. The Balaban J connectivity index is 1.57. The van der Waals surface area contributed by atoms with Crippen molar-refractivity contribution in [2.75, 3.05) is 11.9 Å². The first-order valence-electron chi connectivity index (χ1n) is 9.58. The number of nitrogens with one attached hydrogen (secondary N) is 1. The van der Waals surface area contributed by atoms with Crippen molar-refractivity contribution in [2.45, 2.75) is 13.8 Å². The number of pyridine rings is 1. The third-order valence-electron chi connectivity index (χ3n) is 4.74. The molecular formula is C23H17Cl2N3O4. The summed E-state index contributed by atoms with van der Waals surface area (Å²) in [6.07, 6.45) is 0. The average Bonchev–Trinajstić information content (AvgIpc) is 3.16. The zero-order valence-corrected chi connectivity index (χ0v) is 18.6. The molecule has 0 aliphatic heterocycles. The van der Waals surface area contributed by atoms with Crippen molar-refractivity contribution in [3.05, 3.63) is 75.4 Å². The maximum Gasteiger partial charge on any atom is 0.339 e. The van der Waals surface area contributed by atoms with Gasteiger partial charge in [-0.15, -0.1) is 0 Å². The first kappa shape index (κ1) is 21.8. The van der Waals surface area contributed by atoms with Crippen LogP contribution in [0, 0.1) is 13.8 Å². The quantitative estimate of drug-likeness (QED) is 0.381. The summed E-state index contributed by atoms with van der Waals surface area (Å²) in [5.41, 5.74) is 3.65. The van der Waals surface area contributed by atoms with Crippen LogP contribution < -0.4 is 5.32 Å². The maximum atomic E-state index is 12.9. The molecule has 0 aliphatic carbocycles. The van der Waals surface area contributed by atoms with Crippen LogP contribution in [0.25, 0.3) is 22.4 Å². The van der Waals surface area contributed by atoms with Gasteiger partial charge in [-0.1, -0.05) is 64.3 Å². The first-order valence-corrected chi connectivity index (χ1v) is 10.3. The van der Waals surface area contributed by atoms with E-state index in [1.54, 1.807) is 31.2 Å². The smallest absolute Gasteiger partial charge is 0.339 e. The summed E-state index contributed by atoms with van der Waals surface area (Å²) in [5.74, 6) is -1.27. The third-order valence-corrected chi connectivity index (χ3v) is 5.56. The molecule has 0 saturated heterocycles. The maximum absolute atomic E-state index is 12.9. The fraction of sp³-hybridized carbons (Fsp3) is 0.130. The van der Waals surface area contributed by atoms with Gasteiger partial charge in [0.05, 0.1) is 38.1 Å². The molecule has 0 bridgehead atoms. The number of anilines is 1. The highest BCUT2D eigenvalue weighted by Gasteiger charge is 2.21. The van der Waals surface area contributed by atoms with Gasteiger partial charge in [0.15, 0.2) is 6.61 Å². The molecule has 0 saturated carbocycles. The summed E-state index contributed by atoms with van der Waals surface area (Å²) in [7, 11) is 0. The highest BCUT2D eigenvalue weighted by molar-refractivity contribution is 6.44. The number of amides is 1. The SMILES string of the molecule is Cc1ccc(-c2cc(C(=O)OCC(=O)Nc3cccc(Cl)c3Cl)c3c(C)noc3n2)cc1. The molecule has 9 heteroatoms. The van der Waals surface area contributed by atoms with Crippen molar-refractivity contribution >= 4 is 51.9 Å². The van der Waals surface area contributed by atoms with E-state index in [4.69, 9.17) is 32.5 Å². The number of aromatic nitrogens is 2. The number of hydrogen-bond donors (Lipinski definition) is 1. The average molecular weight is 470 g/mol. The van der Waals surface area contributed by atoms with E-state index >= 15 is 0 Å². The largest absolute Gasteiger partial charge is 0.452 e. The molecule has 2 aromatic carbocycles. The summed E-state index contributed by atoms with van der Waals surface area (Å²) in [6.45, 7) is 3.16. The molecule has 0 spiro atoms. The molecule has 1 N–H and O–H groups in total. The lowest BCUT2D eigenvalue weighted by Crippen LogP contribution is -2.21. The van der Waals surface area contributed by atoms with Gasteiger partial charge in [-0.25, -0.2) is 9.78 Å². The van der Waals surface area contributed by atoms with E-state index in [9.17, 15) is 9.59 Å². The molecule has 162 valence electrons. The zero-order chi connectivity index (χ0) is 22.8. The molecule has 32 heavy (non-hydrogen) atoms. The summed E-state index contributed by atoms with van der Waals surface area (Å²) in [6, 6.07) is 14.1. The van der Waals surface area contributed by atoms with E-state index in [0.29, 0.717) is 27.5 Å². The molecule has 2 heterocycles. The lowest BCUT2D eigenvalue weighted by atomic mass is 10.0. The molecule has 4 rings (SSSR count). The topological polar surface area (TPSA) is 94.3 Å². The number of esters is 1. The number of carbonyl (C=O) groups excluding carboxylic acids is 2. The molecule has 0 fully saturated rings. The molecule has 0 radical (unpaired) electrons. The van der Waals surface area contributed by atoms with Crippen LogP contribution in [0.2, 0.25) is 10.0 Å². The number of carbonyl (C=O) groups is 2. The van der Waals surface area contributed by atoms with Gasteiger partial charge in [-0.2, -0.15) is 0 Å². The van der Waals surface area contributed by atoms with Crippen molar-refractivity contribution in [3.8, 4) is 11.3 Å². The Morgan fingerprint density at radius 1 is 1.09 bits per heavy atom. The number of aryl methyl sites for hydroxylation is 2. The molecule has 4 aromatic rings. The number of benzene rings is 2. The van der Waals surface area contributed by atoms with Crippen molar-refractivity contribution in [1.29, 1.82) is 0 Å². The second-order valence-corrected chi connectivity index (χ2v) is 7.88. The summed E-state index contributed by atoms with van der Waals surface area (Å²) >= 11 is 12.0. The van der Waals surface area contributed by atoms with Gasteiger partial charge >= 0.3 is 5.97 Å². The number of rotatable bonds is 5. The van der Waals surface area contributed by atoms with E-state index in [0.717, 1.165) is 11.1 Å². The third kappa shape index (κ3) is 4.44. The second-order valence-electron chi connectivity index (χ2n) is 7.09. The van der Waals surface area contributed by atoms with E-state index in [-0.39, 0.29) is 16.3 Å². The highest BCUT2D eigenvalue weighted by atomic mass is 35.5. The van der Waals surface area contributed by atoms with Crippen molar-refractivity contribution in [1.82, 2.24) is 10.1 Å². The van der Waals surface area contributed by atoms with Crippen molar-refractivity contribution in [2.24, 2.45) is 0 Å². The summed E-state index contributed by atoms with van der Waals surface area (Å²) < 4.78 is 10.5. The molecule has 7 nitrogen and oxygen atoms in total. The van der Waals surface area contributed by atoms with E-state index < -0.39 is 18.5 Å². The molecule has 0 aliphatic rings. The summed E-state index contributed by atoms with van der Waals surface area (Å²) in [4.78, 5) is 29.6. The van der Waals surface area contributed by atoms with Crippen LogP contribution in [0.3, 0.4) is 0 Å². The minimum atomic E-state index is -0.704. The number of nitrogens with zero attached hydrogens (tertiary/aromatic N) is 2. The van der Waals surface area contributed by atoms with E-state index in [1.165, 1.54) is 0 Å². The van der Waals surface area contributed by atoms with Crippen LogP contribution in [0.1, 0.15) is 21.6 Å². The Hall–Kier alpha value is -3.42. The molecular weight excluding hydrogens is 453 g/mol. The Bertz CT molecular complexity index is 1330. The highest BCUT2D eigenvalue weighted by Crippen LogP contribution is 2.30. The predicted octanol–water partition coefficient (Wildman–Crippen LogP) is 5.61. The lowest BCUT2D eigenvalue weighted by Gasteiger charge is -2.10. The van der Waals surface area contributed by atoms with Crippen molar-refractivity contribution in [3.63, 3.8) is 0 Å². The Kier molecular flexibility index (Phi) is 6.12. The lowest BCUT2D eigenvalue weighted by molar-refractivity contribution is -0.119. The number of halogens is 2. The van der Waals surface area contributed by atoms with E-state index in [2.05, 4.69) is 15.5 Å². The van der Waals surface area contributed by atoms with Gasteiger partial charge in [0.2, 0.25) is 0 Å². The first-order chi connectivity index (χ1) is 15.3. The van der Waals surface area contributed by atoms with Crippen LogP contribution in [0.4, 0.5) is 5.69 Å². The fourth-order valence-corrected chi connectivity index (χ4v) is 3.47. The Morgan fingerprint density at radius 3 is 2.59 bits per heavy atom. The van der Waals surface area contributed by atoms with Gasteiger partial charge in [0.1, 0.15) is 0 Å². The number of hydrogen-bond acceptors (Lipinski definition) is 6.